The van der Waals surface area contributed by atoms with Gasteiger partial charge in [-0.15, -0.1) is 0 Å². The predicted octanol–water partition coefficient (Wildman–Crippen LogP) is 3.88. The van der Waals surface area contributed by atoms with Crippen molar-refractivity contribution in [3.8, 4) is 0 Å². The third-order valence-corrected chi connectivity index (χ3v) is 3.37. The van der Waals surface area contributed by atoms with Crippen LogP contribution in [-0.4, -0.2) is 12.1 Å². The van der Waals surface area contributed by atoms with Crippen LogP contribution in [0, 0.1) is 0 Å². The molecule has 1 fully saturated rings. The molecule has 1 rings (SSSR count). The number of hydrogen-bond acceptors (Lipinski definition) is 1. The molecule has 0 aromatic carbocycles. The molecule has 2 atom stereocenters. The predicted molar refractivity (Wildman–Crippen MR) is 63.6 cm³/mol. The Hall–Kier alpha value is -0.0400. The van der Waals surface area contributed by atoms with Gasteiger partial charge in [0, 0.05) is 12.1 Å². The van der Waals surface area contributed by atoms with E-state index in [2.05, 4.69) is 19.2 Å². The minimum Gasteiger partial charge on any atom is -0.312 e. The summed E-state index contributed by atoms with van der Waals surface area (Å²) in [5, 5.41) is 3.71. The fraction of sp³-hybridized carbons (Fsp3) is 1.00. The van der Waals surface area contributed by atoms with E-state index in [1.807, 2.05) is 0 Å². The number of nitrogens with one attached hydrogen (secondary N) is 1. The molecule has 84 valence electrons. The number of hydrogen-bond donors (Lipinski definition) is 1. The summed E-state index contributed by atoms with van der Waals surface area (Å²) in [6.45, 7) is 4.60. The monoisotopic (exact) mass is 197 g/mol. The van der Waals surface area contributed by atoms with Gasteiger partial charge in [0.05, 0.1) is 0 Å². The van der Waals surface area contributed by atoms with Crippen molar-refractivity contribution in [2.24, 2.45) is 0 Å². The van der Waals surface area contributed by atoms with Gasteiger partial charge in [-0.05, 0) is 26.2 Å². The molecule has 0 radical (unpaired) electrons. The minimum absolute atomic E-state index is 0.768. The van der Waals surface area contributed by atoms with Crippen LogP contribution in [0.5, 0.6) is 0 Å². The summed E-state index contributed by atoms with van der Waals surface area (Å²) in [7, 11) is 0. The van der Waals surface area contributed by atoms with E-state index in [0.29, 0.717) is 0 Å². The molecule has 1 aliphatic heterocycles. The lowest BCUT2D eigenvalue weighted by Crippen LogP contribution is -2.40. The Kier molecular flexibility index (Phi) is 6.25. The Labute approximate surface area is 89.7 Å². The fourth-order valence-electron chi connectivity index (χ4n) is 2.46. The maximum absolute atomic E-state index is 3.71. The molecule has 1 nitrogen and oxygen atoms in total. The molecule has 0 aromatic rings. The molecule has 0 amide bonds. The van der Waals surface area contributed by atoms with E-state index in [1.165, 1.54) is 57.8 Å². The van der Waals surface area contributed by atoms with Crippen LogP contribution in [0.3, 0.4) is 0 Å². The average Bonchev–Trinajstić information content (AvgIpc) is 2.18. The molecular weight excluding hydrogens is 170 g/mol. The first-order chi connectivity index (χ1) is 6.83. The van der Waals surface area contributed by atoms with E-state index >= 15 is 0 Å². The van der Waals surface area contributed by atoms with Crippen LogP contribution in [0.1, 0.15) is 71.6 Å². The highest BCUT2D eigenvalue weighted by Gasteiger charge is 2.16. The van der Waals surface area contributed by atoms with Gasteiger partial charge < -0.3 is 5.32 Å². The maximum atomic E-state index is 3.71. The Bertz CT molecular complexity index is 133. The molecule has 0 aromatic heterocycles. The van der Waals surface area contributed by atoms with Crippen LogP contribution < -0.4 is 5.32 Å². The second-order valence-corrected chi connectivity index (χ2v) is 4.90. The summed E-state index contributed by atoms with van der Waals surface area (Å²) in [5.41, 5.74) is 0. The molecule has 1 heterocycles. The lowest BCUT2D eigenvalue weighted by molar-refractivity contribution is 0.315. The molecule has 1 heteroatoms. The van der Waals surface area contributed by atoms with Crippen molar-refractivity contribution in [2.45, 2.75) is 83.7 Å². The SMILES string of the molecule is CCCCCCC[C@@H]1CCC[C@H](C)N1. The second kappa shape index (κ2) is 7.28. The highest BCUT2D eigenvalue weighted by molar-refractivity contribution is 4.77. The summed E-state index contributed by atoms with van der Waals surface area (Å²) in [6, 6.07) is 1.60. The molecule has 0 bridgehead atoms. The van der Waals surface area contributed by atoms with E-state index in [0.717, 1.165) is 12.1 Å². The molecule has 0 unspecified atom stereocenters. The van der Waals surface area contributed by atoms with Crippen LogP contribution >= 0.6 is 0 Å². The Morgan fingerprint density at radius 1 is 1.07 bits per heavy atom. The van der Waals surface area contributed by atoms with Crippen LogP contribution in [0.25, 0.3) is 0 Å². The van der Waals surface area contributed by atoms with Gasteiger partial charge in [-0.1, -0.05) is 45.4 Å². The smallest absolute Gasteiger partial charge is 0.00695 e. The zero-order chi connectivity index (χ0) is 10.2. The van der Waals surface area contributed by atoms with Gasteiger partial charge >= 0.3 is 0 Å². The van der Waals surface area contributed by atoms with Crippen molar-refractivity contribution >= 4 is 0 Å². The van der Waals surface area contributed by atoms with Crippen LogP contribution in [0.2, 0.25) is 0 Å². The van der Waals surface area contributed by atoms with Crippen LogP contribution in [0.4, 0.5) is 0 Å². The van der Waals surface area contributed by atoms with Gasteiger partial charge in [0.25, 0.3) is 0 Å². The summed E-state index contributed by atoms with van der Waals surface area (Å²) in [6.07, 6.45) is 12.8. The molecule has 0 aliphatic carbocycles. The van der Waals surface area contributed by atoms with E-state index in [-0.39, 0.29) is 0 Å². The Morgan fingerprint density at radius 3 is 2.57 bits per heavy atom. The Morgan fingerprint density at radius 2 is 1.86 bits per heavy atom. The van der Waals surface area contributed by atoms with Gasteiger partial charge in [0.15, 0.2) is 0 Å². The number of piperidine rings is 1. The summed E-state index contributed by atoms with van der Waals surface area (Å²) in [4.78, 5) is 0. The molecule has 1 aliphatic rings. The van der Waals surface area contributed by atoms with Gasteiger partial charge in [-0.2, -0.15) is 0 Å². The van der Waals surface area contributed by atoms with Gasteiger partial charge in [-0.25, -0.2) is 0 Å². The summed E-state index contributed by atoms with van der Waals surface area (Å²) in [5.74, 6) is 0. The van der Waals surface area contributed by atoms with E-state index < -0.39 is 0 Å². The molecule has 0 spiro atoms. The van der Waals surface area contributed by atoms with E-state index in [9.17, 15) is 0 Å². The largest absolute Gasteiger partial charge is 0.312 e. The minimum atomic E-state index is 0.768. The third kappa shape index (κ3) is 4.99. The third-order valence-electron chi connectivity index (χ3n) is 3.37. The van der Waals surface area contributed by atoms with Crippen molar-refractivity contribution in [3.63, 3.8) is 0 Å². The molecule has 1 N–H and O–H groups in total. The second-order valence-electron chi connectivity index (χ2n) is 4.90. The average molecular weight is 197 g/mol. The van der Waals surface area contributed by atoms with E-state index in [4.69, 9.17) is 0 Å². The van der Waals surface area contributed by atoms with Gasteiger partial charge in [-0.3, -0.25) is 0 Å². The molecule has 14 heavy (non-hydrogen) atoms. The van der Waals surface area contributed by atoms with Crippen LogP contribution in [0.15, 0.2) is 0 Å². The standard InChI is InChI=1S/C13H27N/c1-3-4-5-6-7-10-13-11-8-9-12(2)14-13/h12-14H,3-11H2,1-2H3/t12-,13+/m0/s1. The lowest BCUT2D eigenvalue weighted by atomic mass is 9.95. The molecule has 0 saturated carbocycles. The number of unbranched alkanes of at least 4 members (excludes halogenated alkanes) is 4. The number of rotatable bonds is 6. The highest BCUT2D eigenvalue weighted by Crippen LogP contribution is 2.17. The van der Waals surface area contributed by atoms with Crippen molar-refractivity contribution < 1.29 is 0 Å². The quantitative estimate of drug-likeness (QED) is 0.637. The first-order valence-electron chi connectivity index (χ1n) is 6.59. The lowest BCUT2D eigenvalue weighted by Gasteiger charge is -2.28. The molecule has 1 saturated heterocycles. The highest BCUT2D eigenvalue weighted by atomic mass is 15.0. The van der Waals surface area contributed by atoms with Gasteiger partial charge in [0.1, 0.15) is 0 Å². The molecular formula is C13H27N. The zero-order valence-electron chi connectivity index (χ0n) is 10.0. The first kappa shape index (κ1) is 12.0. The van der Waals surface area contributed by atoms with Crippen molar-refractivity contribution in [1.29, 1.82) is 0 Å². The zero-order valence-corrected chi connectivity index (χ0v) is 10.0. The Balaban J connectivity index is 1.95. The van der Waals surface area contributed by atoms with E-state index in [1.54, 1.807) is 0 Å². The van der Waals surface area contributed by atoms with Gasteiger partial charge in [0.2, 0.25) is 0 Å². The fourth-order valence-corrected chi connectivity index (χ4v) is 2.46. The van der Waals surface area contributed by atoms with Crippen molar-refractivity contribution in [1.82, 2.24) is 5.32 Å². The summed E-state index contributed by atoms with van der Waals surface area (Å²) < 4.78 is 0. The van der Waals surface area contributed by atoms with Crippen molar-refractivity contribution in [2.75, 3.05) is 0 Å². The van der Waals surface area contributed by atoms with Crippen LogP contribution in [-0.2, 0) is 0 Å². The summed E-state index contributed by atoms with van der Waals surface area (Å²) >= 11 is 0. The normalized spacial score (nSPS) is 27.9. The van der Waals surface area contributed by atoms with Crippen molar-refractivity contribution in [3.05, 3.63) is 0 Å². The topological polar surface area (TPSA) is 12.0 Å². The first-order valence-corrected chi connectivity index (χ1v) is 6.59. The maximum Gasteiger partial charge on any atom is 0.00695 e.